The molecule has 3 rings (SSSR count). The molecule has 0 unspecified atom stereocenters. The number of carbonyl (C=O) groups is 3. The van der Waals surface area contributed by atoms with Crippen molar-refractivity contribution in [1.29, 1.82) is 0 Å². The maximum absolute atomic E-state index is 12.3. The number of hydrogen-bond donors (Lipinski definition) is 3. The van der Waals surface area contributed by atoms with Gasteiger partial charge in [-0.15, -0.1) is 0 Å². The van der Waals surface area contributed by atoms with Crippen molar-refractivity contribution in [2.24, 2.45) is 5.73 Å². The molecule has 1 amide bonds. The average molecular weight is 488 g/mol. The second-order valence-electron chi connectivity index (χ2n) is 6.01. The number of benzene rings is 1. The number of nitrogens with two attached hydrogens (primary N) is 1. The number of aromatic carboxylic acids is 1. The number of thioether (sulfide) groups is 1. The number of halogens is 3. The van der Waals surface area contributed by atoms with Crippen LogP contribution in [0.4, 0.5) is 13.2 Å². The van der Waals surface area contributed by atoms with Crippen LogP contribution in [0.2, 0.25) is 0 Å². The van der Waals surface area contributed by atoms with Gasteiger partial charge in [-0.05, 0) is 24.3 Å². The van der Waals surface area contributed by atoms with Gasteiger partial charge in [-0.1, -0.05) is 36.1 Å². The van der Waals surface area contributed by atoms with Crippen LogP contribution in [0.1, 0.15) is 16.1 Å². The van der Waals surface area contributed by atoms with Crippen LogP contribution >= 0.6 is 24.0 Å². The molecule has 1 saturated heterocycles. The van der Waals surface area contributed by atoms with Crippen LogP contribution in [0.15, 0.2) is 45.7 Å². The van der Waals surface area contributed by atoms with Gasteiger partial charge in [0.05, 0.1) is 10.5 Å². The molecule has 0 radical (unpaired) electrons. The van der Waals surface area contributed by atoms with Crippen molar-refractivity contribution in [1.82, 2.24) is 4.90 Å². The molecule has 0 aliphatic carbocycles. The summed E-state index contributed by atoms with van der Waals surface area (Å²) in [6.07, 6.45) is -3.44. The number of alkyl halides is 3. The minimum atomic E-state index is -5.08. The van der Waals surface area contributed by atoms with E-state index in [-0.39, 0.29) is 11.5 Å². The van der Waals surface area contributed by atoms with Gasteiger partial charge in [0, 0.05) is 24.7 Å². The van der Waals surface area contributed by atoms with Crippen molar-refractivity contribution in [2.45, 2.75) is 6.18 Å². The highest BCUT2D eigenvalue weighted by Crippen LogP contribution is 2.33. The van der Waals surface area contributed by atoms with Crippen molar-refractivity contribution in [3.8, 4) is 11.3 Å². The van der Waals surface area contributed by atoms with Gasteiger partial charge < -0.3 is 20.4 Å². The lowest BCUT2D eigenvalue weighted by molar-refractivity contribution is -0.192. The van der Waals surface area contributed by atoms with E-state index in [1.165, 1.54) is 28.8 Å². The molecule has 170 valence electrons. The van der Waals surface area contributed by atoms with E-state index >= 15 is 0 Å². The highest BCUT2D eigenvalue weighted by molar-refractivity contribution is 8.26. The van der Waals surface area contributed by atoms with E-state index in [2.05, 4.69) is 0 Å². The van der Waals surface area contributed by atoms with Crippen LogP contribution in [0, 0.1) is 0 Å². The van der Waals surface area contributed by atoms with E-state index in [0.29, 0.717) is 33.8 Å². The molecule has 4 N–H and O–H groups in total. The standard InChI is InChI=1S/C17H14N2O4S2.C2HF3O2/c18-7-8-19-15(20)14(25-17(19)24)9-12-5-6-13(23-12)10-1-3-11(4-2-10)16(21)22;3-2(4,5)1(6)7/h1-6,9H,7-8,18H2,(H,21,22);(H,6,7)/b14-9+;. The number of carbonyl (C=O) groups excluding carboxylic acids is 1. The third kappa shape index (κ3) is 6.42. The Morgan fingerprint density at radius 1 is 1.16 bits per heavy atom. The van der Waals surface area contributed by atoms with Crippen molar-refractivity contribution in [3.63, 3.8) is 0 Å². The Bertz CT molecular complexity index is 1060. The van der Waals surface area contributed by atoms with Crippen molar-refractivity contribution >= 4 is 52.2 Å². The summed E-state index contributed by atoms with van der Waals surface area (Å²) >= 11 is 6.40. The molecule has 13 heteroatoms. The molecule has 2 aromatic rings. The van der Waals surface area contributed by atoms with Gasteiger partial charge in [0.1, 0.15) is 15.8 Å². The van der Waals surface area contributed by atoms with E-state index < -0.39 is 18.1 Å². The van der Waals surface area contributed by atoms with E-state index in [1.54, 1.807) is 30.3 Å². The predicted octanol–water partition coefficient (Wildman–Crippen LogP) is 3.44. The molecule has 0 spiro atoms. The molecular formula is C19H15F3N2O6S2. The van der Waals surface area contributed by atoms with Gasteiger partial charge in [0.15, 0.2) is 0 Å². The minimum absolute atomic E-state index is 0.177. The highest BCUT2D eigenvalue weighted by Gasteiger charge is 2.38. The molecule has 1 fully saturated rings. The highest BCUT2D eigenvalue weighted by atomic mass is 32.2. The molecule has 8 nitrogen and oxygen atoms in total. The molecule has 1 aromatic heterocycles. The Hall–Kier alpha value is -3.16. The zero-order valence-corrected chi connectivity index (χ0v) is 17.6. The van der Waals surface area contributed by atoms with Gasteiger partial charge in [0.25, 0.3) is 5.91 Å². The number of rotatable bonds is 5. The van der Waals surface area contributed by atoms with Crippen LogP contribution in [0.3, 0.4) is 0 Å². The summed E-state index contributed by atoms with van der Waals surface area (Å²) in [5.74, 6) is -2.81. The maximum Gasteiger partial charge on any atom is 0.490 e. The van der Waals surface area contributed by atoms with Gasteiger partial charge in [-0.2, -0.15) is 13.2 Å². The van der Waals surface area contributed by atoms with Crippen molar-refractivity contribution < 1.29 is 42.2 Å². The summed E-state index contributed by atoms with van der Waals surface area (Å²) in [7, 11) is 0. The zero-order valence-electron chi connectivity index (χ0n) is 16.0. The fourth-order valence-corrected chi connectivity index (χ4v) is 3.60. The monoisotopic (exact) mass is 488 g/mol. The minimum Gasteiger partial charge on any atom is -0.478 e. The summed E-state index contributed by atoms with van der Waals surface area (Å²) in [6, 6.07) is 9.88. The van der Waals surface area contributed by atoms with Gasteiger partial charge >= 0.3 is 18.1 Å². The number of amides is 1. The number of furan rings is 1. The zero-order chi connectivity index (χ0) is 24.1. The molecule has 32 heavy (non-hydrogen) atoms. The second kappa shape index (κ2) is 10.4. The molecule has 1 aliphatic rings. The quantitative estimate of drug-likeness (QED) is 0.427. The topological polar surface area (TPSA) is 134 Å². The molecule has 1 aromatic carbocycles. The van der Waals surface area contributed by atoms with Crippen LogP contribution in [-0.4, -0.2) is 56.5 Å². The first kappa shape index (κ1) is 25.1. The number of carboxylic acid groups (broad SMARTS) is 2. The van der Waals surface area contributed by atoms with E-state index in [1.807, 2.05) is 0 Å². The number of hydrogen-bond acceptors (Lipinski definition) is 7. The van der Waals surface area contributed by atoms with E-state index in [0.717, 1.165) is 5.56 Å². The van der Waals surface area contributed by atoms with Crippen LogP contribution in [0.5, 0.6) is 0 Å². The second-order valence-corrected chi connectivity index (χ2v) is 7.69. The lowest BCUT2D eigenvalue weighted by Gasteiger charge is -2.11. The summed E-state index contributed by atoms with van der Waals surface area (Å²) in [4.78, 5) is 34.0. The normalized spacial score (nSPS) is 15.0. The van der Waals surface area contributed by atoms with Gasteiger partial charge in [0.2, 0.25) is 0 Å². The van der Waals surface area contributed by atoms with Crippen LogP contribution < -0.4 is 5.73 Å². The summed E-state index contributed by atoms with van der Waals surface area (Å²) < 4.78 is 38.0. The Morgan fingerprint density at radius 3 is 2.25 bits per heavy atom. The number of aliphatic carboxylic acids is 1. The van der Waals surface area contributed by atoms with Crippen molar-refractivity contribution in [3.05, 3.63) is 52.6 Å². The third-order valence-electron chi connectivity index (χ3n) is 3.79. The first-order valence-electron chi connectivity index (χ1n) is 8.63. The molecule has 0 saturated carbocycles. The maximum atomic E-state index is 12.3. The van der Waals surface area contributed by atoms with Gasteiger partial charge in [-0.25, -0.2) is 9.59 Å². The summed E-state index contributed by atoms with van der Waals surface area (Å²) in [6.45, 7) is 0.734. The largest absolute Gasteiger partial charge is 0.490 e. The Morgan fingerprint density at radius 2 is 1.75 bits per heavy atom. The van der Waals surface area contributed by atoms with Crippen LogP contribution in [-0.2, 0) is 9.59 Å². The summed E-state index contributed by atoms with van der Waals surface area (Å²) in [5, 5.41) is 16.1. The SMILES string of the molecule is NCCN1C(=O)/C(=C\c2ccc(-c3ccc(C(=O)O)cc3)o2)SC1=S.O=C(O)C(F)(F)F. The summed E-state index contributed by atoms with van der Waals surface area (Å²) in [5.41, 5.74) is 6.45. The van der Waals surface area contributed by atoms with Gasteiger partial charge in [-0.3, -0.25) is 9.69 Å². The van der Waals surface area contributed by atoms with E-state index in [9.17, 15) is 22.8 Å². The Kier molecular flexibility index (Phi) is 8.19. The lowest BCUT2D eigenvalue weighted by Crippen LogP contribution is -2.32. The molecule has 0 bridgehead atoms. The van der Waals surface area contributed by atoms with E-state index in [4.69, 9.17) is 37.4 Å². The fourth-order valence-electron chi connectivity index (χ4n) is 2.31. The predicted molar refractivity (Wildman–Crippen MR) is 114 cm³/mol. The number of nitrogens with zero attached hydrogens (tertiary/aromatic N) is 1. The molecular weight excluding hydrogens is 473 g/mol. The number of thiocarbonyl (C=S) groups is 1. The average Bonchev–Trinajstić information content (AvgIpc) is 3.28. The molecule has 2 heterocycles. The Labute approximate surface area is 188 Å². The fraction of sp³-hybridized carbons (Fsp3) is 0.158. The van der Waals surface area contributed by atoms with Crippen molar-refractivity contribution in [2.75, 3.05) is 13.1 Å². The number of carboxylic acids is 2. The Balaban J connectivity index is 0.000000451. The lowest BCUT2D eigenvalue weighted by atomic mass is 10.1. The first-order chi connectivity index (χ1) is 14.9. The molecule has 0 atom stereocenters. The first-order valence-corrected chi connectivity index (χ1v) is 9.85. The smallest absolute Gasteiger partial charge is 0.478 e. The van der Waals surface area contributed by atoms with Crippen LogP contribution in [0.25, 0.3) is 17.4 Å². The third-order valence-corrected chi connectivity index (χ3v) is 5.16. The molecule has 1 aliphatic heterocycles.